The Labute approximate surface area is 123 Å². The summed E-state index contributed by atoms with van der Waals surface area (Å²) in [6.07, 6.45) is 4.77. The molecule has 1 fully saturated rings. The van der Waals surface area contributed by atoms with Crippen molar-refractivity contribution in [3.8, 4) is 0 Å². The van der Waals surface area contributed by atoms with Crippen molar-refractivity contribution in [2.75, 3.05) is 13.7 Å². The molecule has 3 aliphatic rings. The fourth-order valence-electron chi connectivity index (χ4n) is 3.64. The number of methoxy groups -OCH3 is 1. The first kappa shape index (κ1) is 14.7. The number of hydrogen-bond acceptors (Lipinski definition) is 5. The standard InChI is InChI=1S/C16H20O5/c1-10-8-21-16(20-4)7-11-5-6-12(17)14(3,18)13(11,2)9-15(10,16)19/h5-7,18-19H,1,8-9H2,2-4H3/t13-,14+,15+,16-/m1/s1. The van der Waals surface area contributed by atoms with Crippen LogP contribution in [0.25, 0.3) is 0 Å². The average Bonchev–Trinajstić information content (AvgIpc) is 2.67. The Morgan fingerprint density at radius 2 is 2.00 bits per heavy atom. The maximum atomic E-state index is 12.1. The topological polar surface area (TPSA) is 76.0 Å². The molecule has 5 heteroatoms. The van der Waals surface area contributed by atoms with E-state index in [2.05, 4.69) is 6.58 Å². The predicted molar refractivity (Wildman–Crippen MR) is 75.4 cm³/mol. The van der Waals surface area contributed by atoms with E-state index in [1.807, 2.05) is 0 Å². The summed E-state index contributed by atoms with van der Waals surface area (Å²) in [5.41, 5.74) is -2.82. The molecule has 0 saturated carbocycles. The van der Waals surface area contributed by atoms with Crippen LogP contribution in [0.1, 0.15) is 20.3 Å². The molecule has 0 amide bonds. The number of rotatable bonds is 1. The van der Waals surface area contributed by atoms with Gasteiger partial charge in [0.25, 0.3) is 0 Å². The van der Waals surface area contributed by atoms with Gasteiger partial charge in [0.1, 0.15) is 11.2 Å². The number of hydrogen-bond donors (Lipinski definition) is 2. The molecule has 1 aliphatic heterocycles. The second-order valence-electron chi connectivity index (χ2n) is 6.50. The van der Waals surface area contributed by atoms with E-state index in [9.17, 15) is 15.0 Å². The molecule has 1 saturated heterocycles. The summed E-state index contributed by atoms with van der Waals surface area (Å²) in [5, 5.41) is 21.8. The highest BCUT2D eigenvalue weighted by molar-refractivity contribution is 5.99. The van der Waals surface area contributed by atoms with Crippen molar-refractivity contribution in [2.45, 2.75) is 37.3 Å². The molecule has 0 bridgehead atoms. The molecule has 5 nitrogen and oxygen atoms in total. The van der Waals surface area contributed by atoms with Gasteiger partial charge in [-0.2, -0.15) is 0 Å². The van der Waals surface area contributed by atoms with Gasteiger partial charge >= 0.3 is 0 Å². The quantitative estimate of drug-likeness (QED) is 0.701. The SMILES string of the molecule is C=C1CO[C@]2(OC)C=C3C=CC(=O)[C@](C)(O)[C@]3(C)C[C@]12O. The van der Waals surface area contributed by atoms with Crippen molar-refractivity contribution in [1.82, 2.24) is 0 Å². The zero-order chi connectivity index (χ0) is 15.7. The summed E-state index contributed by atoms with van der Waals surface area (Å²) in [4.78, 5) is 12.1. The number of carbonyl (C=O) groups excluding carboxylic acids is 1. The van der Waals surface area contributed by atoms with Crippen LogP contribution in [-0.4, -0.2) is 46.7 Å². The Hall–Kier alpha value is -1.27. The third-order valence-corrected chi connectivity index (χ3v) is 5.49. The molecular weight excluding hydrogens is 272 g/mol. The van der Waals surface area contributed by atoms with Gasteiger partial charge < -0.3 is 19.7 Å². The molecule has 3 rings (SSSR count). The fourth-order valence-corrected chi connectivity index (χ4v) is 3.64. The third kappa shape index (κ3) is 1.47. The maximum Gasteiger partial charge on any atom is 0.222 e. The Morgan fingerprint density at radius 1 is 1.33 bits per heavy atom. The second-order valence-corrected chi connectivity index (χ2v) is 6.50. The lowest BCUT2D eigenvalue weighted by Crippen LogP contribution is -2.64. The Bertz CT molecular complexity index is 602. The fraction of sp³-hybridized carbons (Fsp3) is 0.562. The molecule has 114 valence electrons. The van der Waals surface area contributed by atoms with E-state index >= 15 is 0 Å². The van der Waals surface area contributed by atoms with Gasteiger partial charge in [-0.15, -0.1) is 0 Å². The minimum absolute atomic E-state index is 0.0988. The van der Waals surface area contributed by atoms with Crippen LogP contribution in [0.2, 0.25) is 0 Å². The van der Waals surface area contributed by atoms with Crippen molar-refractivity contribution >= 4 is 5.78 Å². The number of allylic oxidation sites excluding steroid dienone is 1. The number of ether oxygens (including phenoxy) is 2. The summed E-state index contributed by atoms with van der Waals surface area (Å²) in [6, 6.07) is 0. The monoisotopic (exact) mass is 292 g/mol. The molecule has 2 N–H and O–H groups in total. The van der Waals surface area contributed by atoms with E-state index in [0.29, 0.717) is 11.1 Å². The molecule has 0 radical (unpaired) electrons. The van der Waals surface area contributed by atoms with Crippen LogP contribution in [0.3, 0.4) is 0 Å². The smallest absolute Gasteiger partial charge is 0.222 e. The number of carbonyl (C=O) groups is 1. The van der Waals surface area contributed by atoms with Gasteiger partial charge in [0, 0.05) is 12.5 Å². The van der Waals surface area contributed by atoms with E-state index < -0.39 is 22.4 Å². The van der Waals surface area contributed by atoms with E-state index in [0.717, 1.165) is 0 Å². The first-order valence-electron chi connectivity index (χ1n) is 6.91. The van der Waals surface area contributed by atoms with Crippen LogP contribution >= 0.6 is 0 Å². The highest BCUT2D eigenvalue weighted by Crippen LogP contribution is 2.59. The van der Waals surface area contributed by atoms with Gasteiger partial charge in [-0.05, 0) is 36.6 Å². The zero-order valence-electron chi connectivity index (χ0n) is 12.5. The Morgan fingerprint density at radius 3 is 2.62 bits per heavy atom. The summed E-state index contributed by atoms with van der Waals surface area (Å²) in [6.45, 7) is 7.29. The van der Waals surface area contributed by atoms with E-state index in [1.54, 1.807) is 19.1 Å². The van der Waals surface area contributed by atoms with Crippen LogP contribution in [-0.2, 0) is 14.3 Å². The number of aliphatic hydroxyl groups is 2. The first-order chi connectivity index (χ1) is 9.63. The molecule has 0 unspecified atom stereocenters. The largest absolute Gasteiger partial charge is 0.381 e. The van der Waals surface area contributed by atoms with Crippen LogP contribution in [0.5, 0.6) is 0 Å². The number of ketones is 1. The average molecular weight is 292 g/mol. The van der Waals surface area contributed by atoms with E-state index in [1.165, 1.54) is 20.1 Å². The van der Waals surface area contributed by atoms with Gasteiger partial charge in [0.2, 0.25) is 5.79 Å². The number of fused-ring (bicyclic) bond motifs is 2. The van der Waals surface area contributed by atoms with Gasteiger partial charge in [0.15, 0.2) is 5.78 Å². The van der Waals surface area contributed by atoms with Crippen molar-refractivity contribution in [3.05, 3.63) is 36.0 Å². The summed E-state index contributed by atoms with van der Waals surface area (Å²) < 4.78 is 11.1. The molecule has 0 aromatic rings. The van der Waals surface area contributed by atoms with Crippen molar-refractivity contribution in [1.29, 1.82) is 0 Å². The first-order valence-corrected chi connectivity index (χ1v) is 6.91. The molecule has 2 aliphatic carbocycles. The summed E-state index contributed by atoms with van der Waals surface area (Å²) >= 11 is 0. The lowest BCUT2D eigenvalue weighted by atomic mass is 9.55. The van der Waals surface area contributed by atoms with Gasteiger partial charge in [0.05, 0.1) is 6.61 Å². The third-order valence-electron chi connectivity index (χ3n) is 5.49. The second kappa shape index (κ2) is 3.93. The minimum Gasteiger partial charge on any atom is -0.381 e. The summed E-state index contributed by atoms with van der Waals surface area (Å²) in [5.74, 6) is -1.69. The normalized spacial score (nSPS) is 48.9. The predicted octanol–water partition coefficient (Wildman–Crippen LogP) is 0.873. The molecule has 0 spiro atoms. The van der Waals surface area contributed by atoms with Crippen molar-refractivity contribution in [2.24, 2.45) is 5.41 Å². The molecular formula is C16H20O5. The lowest BCUT2D eigenvalue weighted by molar-refractivity contribution is -0.252. The Kier molecular flexibility index (Phi) is 2.74. The van der Waals surface area contributed by atoms with E-state index in [4.69, 9.17) is 9.47 Å². The Balaban J connectivity index is 2.26. The van der Waals surface area contributed by atoms with Crippen molar-refractivity contribution < 1.29 is 24.5 Å². The molecule has 0 aromatic heterocycles. The molecule has 21 heavy (non-hydrogen) atoms. The van der Waals surface area contributed by atoms with Crippen LogP contribution in [0.4, 0.5) is 0 Å². The highest BCUT2D eigenvalue weighted by atomic mass is 16.7. The minimum atomic E-state index is -1.61. The van der Waals surface area contributed by atoms with Gasteiger partial charge in [-0.3, -0.25) is 4.79 Å². The maximum absolute atomic E-state index is 12.1. The van der Waals surface area contributed by atoms with Gasteiger partial charge in [-0.1, -0.05) is 19.6 Å². The van der Waals surface area contributed by atoms with Crippen LogP contribution in [0.15, 0.2) is 36.0 Å². The van der Waals surface area contributed by atoms with Gasteiger partial charge in [-0.25, -0.2) is 0 Å². The molecule has 0 aromatic carbocycles. The lowest BCUT2D eigenvalue weighted by Gasteiger charge is -2.54. The summed E-state index contributed by atoms with van der Waals surface area (Å²) in [7, 11) is 1.46. The zero-order valence-corrected chi connectivity index (χ0v) is 12.5. The highest BCUT2D eigenvalue weighted by Gasteiger charge is 2.67. The van der Waals surface area contributed by atoms with Crippen LogP contribution < -0.4 is 0 Å². The molecule has 4 atom stereocenters. The van der Waals surface area contributed by atoms with Crippen molar-refractivity contribution in [3.63, 3.8) is 0 Å². The van der Waals surface area contributed by atoms with E-state index in [-0.39, 0.29) is 18.8 Å². The van der Waals surface area contributed by atoms with Crippen LogP contribution in [0, 0.1) is 5.41 Å². The molecule has 1 heterocycles.